The lowest BCUT2D eigenvalue weighted by Crippen LogP contribution is -2.06. The molecule has 25 heavy (non-hydrogen) atoms. The minimum Gasteiger partial charge on any atom is -0.497 e. The van der Waals surface area contributed by atoms with Gasteiger partial charge in [0.15, 0.2) is 5.43 Å². The summed E-state index contributed by atoms with van der Waals surface area (Å²) in [5.41, 5.74) is 1.78. The van der Waals surface area contributed by atoms with Crippen molar-refractivity contribution in [3.63, 3.8) is 0 Å². The number of alkyl halides is 1. The summed E-state index contributed by atoms with van der Waals surface area (Å²) in [6.07, 6.45) is 2.40. The highest BCUT2D eigenvalue weighted by atomic mass is 79.9. The van der Waals surface area contributed by atoms with Crippen LogP contribution >= 0.6 is 15.9 Å². The molecule has 0 aliphatic heterocycles. The van der Waals surface area contributed by atoms with Crippen LogP contribution < -0.4 is 14.9 Å². The molecule has 0 saturated heterocycles. The van der Waals surface area contributed by atoms with Gasteiger partial charge in [0.1, 0.15) is 23.3 Å². The van der Waals surface area contributed by atoms with Crippen LogP contribution in [0, 0.1) is 0 Å². The molecular weight excluding hydrogens is 384 g/mol. The number of methoxy groups -OCH3 is 1. The van der Waals surface area contributed by atoms with Crippen LogP contribution in [0.15, 0.2) is 57.9 Å². The van der Waals surface area contributed by atoms with Crippen LogP contribution in [0.5, 0.6) is 11.5 Å². The zero-order valence-electron chi connectivity index (χ0n) is 14.1. The molecule has 3 rings (SSSR count). The summed E-state index contributed by atoms with van der Waals surface area (Å²) < 4.78 is 16.5. The van der Waals surface area contributed by atoms with E-state index in [0.29, 0.717) is 33.7 Å². The van der Waals surface area contributed by atoms with Gasteiger partial charge in [-0.1, -0.05) is 35.0 Å². The first kappa shape index (κ1) is 17.5. The lowest BCUT2D eigenvalue weighted by molar-refractivity contribution is 0.312. The summed E-state index contributed by atoms with van der Waals surface area (Å²) in [5.74, 6) is 1.44. The zero-order valence-corrected chi connectivity index (χ0v) is 15.7. The van der Waals surface area contributed by atoms with Crippen LogP contribution in [-0.2, 0) is 0 Å². The Morgan fingerprint density at radius 3 is 2.52 bits per heavy atom. The predicted octanol–water partition coefficient (Wildman–Crippen LogP) is 5.02. The van der Waals surface area contributed by atoms with Crippen LogP contribution in [0.1, 0.15) is 13.3 Å². The maximum atomic E-state index is 12.8. The van der Waals surface area contributed by atoms with Crippen molar-refractivity contribution in [2.45, 2.75) is 18.2 Å². The van der Waals surface area contributed by atoms with Crippen LogP contribution in [0.2, 0.25) is 0 Å². The molecule has 1 unspecified atom stereocenters. The second-order valence-electron chi connectivity index (χ2n) is 5.78. The molecule has 1 aromatic heterocycles. The summed E-state index contributed by atoms with van der Waals surface area (Å²) >= 11 is 3.49. The molecule has 1 atom stereocenters. The first-order valence-electron chi connectivity index (χ1n) is 8.05. The van der Waals surface area contributed by atoms with E-state index in [0.717, 1.165) is 17.7 Å². The Bertz CT molecular complexity index is 913. The third-order valence-corrected chi connectivity index (χ3v) is 4.39. The number of rotatable bonds is 6. The van der Waals surface area contributed by atoms with E-state index in [2.05, 4.69) is 22.9 Å². The van der Waals surface area contributed by atoms with E-state index >= 15 is 0 Å². The molecule has 3 aromatic rings. The largest absolute Gasteiger partial charge is 0.497 e. The first-order chi connectivity index (χ1) is 12.1. The molecule has 130 valence electrons. The number of benzene rings is 2. The highest BCUT2D eigenvalue weighted by molar-refractivity contribution is 9.09. The standard InChI is InChI=1S/C20H19BrO4/c1-13(21)9-10-24-16-7-8-17-19(11-16)25-12-18(20(17)22)14-3-5-15(23-2)6-4-14/h3-8,11-13H,9-10H2,1-2H3. The van der Waals surface area contributed by atoms with E-state index < -0.39 is 0 Å². The Morgan fingerprint density at radius 2 is 1.84 bits per heavy atom. The van der Waals surface area contributed by atoms with Gasteiger partial charge in [-0.2, -0.15) is 0 Å². The van der Waals surface area contributed by atoms with Crippen molar-refractivity contribution < 1.29 is 13.9 Å². The summed E-state index contributed by atoms with van der Waals surface area (Å²) in [6, 6.07) is 12.6. The van der Waals surface area contributed by atoms with Gasteiger partial charge in [-0.05, 0) is 36.2 Å². The third-order valence-electron chi connectivity index (χ3n) is 3.93. The van der Waals surface area contributed by atoms with Gasteiger partial charge in [0.25, 0.3) is 0 Å². The molecule has 0 saturated carbocycles. The summed E-state index contributed by atoms with van der Waals surface area (Å²) in [7, 11) is 1.61. The second kappa shape index (κ2) is 7.74. The second-order valence-corrected chi connectivity index (χ2v) is 7.35. The van der Waals surface area contributed by atoms with Crippen LogP contribution in [0.3, 0.4) is 0 Å². The molecule has 0 spiro atoms. The minimum atomic E-state index is -0.0629. The number of halogens is 1. The zero-order chi connectivity index (χ0) is 17.8. The van der Waals surface area contributed by atoms with Gasteiger partial charge in [0, 0.05) is 10.9 Å². The van der Waals surface area contributed by atoms with E-state index in [1.807, 2.05) is 24.3 Å². The van der Waals surface area contributed by atoms with Gasteiger partial charge in [-0.15, -0.1) is 0 Å². The van der Waals surface area contributed by atoms with E-state index in [1.54, 1.807) is 25.3 Å². The number of ether oxygens (including phenoxy) is 2. The predicted molar refractivity (Wildman–Crippen MR) is 103 cm³/mol. The van der Waals surface area contributed by atoms with E-state index in [9.17, 15) is 4.79 Å². The molecule has 0 aliphatic carbocycles. The highest BCUT2D eigenvalue weighted by Crippen LogP contribution is 2.24. The average Bonchev–Trinajstić information content (AvgIpc) is 2.62. The summed E-state index contributed by atoms with van der Waals surface area (Å²) in [5, 5.41) is 0.537. The van der Waals surface area contributed by atoms with Crippen molar-refractivity contribution in [2.24, 2.45) is 0 Å². The SMILES string of the molecule is COc1ccc(-c2coc3cc(OCCC(C)Br)ccc3c2=O)cc1. The number of hydrogen-bond donors (Lipinski definition) is 0. The Hall–Kier alpha value is -2.27. The van der Waals surface area contributed by atoms with Gasteiger partial charge >= 0.3 is 0 Å². The molecule has 0 radical (unpaired) electrons. The molecule has 4 nitrogen and oxygen atoms in total. The highest BCUT2D eigenvalue weighted by Gasteiger charge is 2.10. The van der Waals surface area contributed by atoms with E-state index in [4.69, 9.17) is 13.9 Å². The molecule has 1 heterocycles. The minimum absolute atomic E-state index is 0.0629. The smallest absolute Gasteiger partial charge is 0.200 e. The van der Waals surface area contributed by atoms with Crippen molar-refractivity contribution in [3.8, 4) is 22.6 Å². The summed E-state index contributed by atoms with van der Waals surface area (Å²) in [4.78, 5) is 13.2. The van der Waals surface area contributed by atoms with Gasteiger partial charge < -0.3 is 13.9 Å². The monoisotopic (exact) mass is 402 g/mol. The van der Waals surface area contributed by atoms with Gasteiger partial charge in [-0.3, -0.25) is 4.79 Å². The van der Waals surface area contributed by atoms with E-state index in [-0.39, 0.29) is 5.43 Å². The van der Waals surface area contributed by atoms with Gasteiger partial charge in [-0.25, -0.2) is 0 Å². The fourth-order valence-corrected chi connectivity index (χ4v) is 2.69. The topological polar surface area (TPSA) is 48.7 Å². The van der Waals surface area contributed by atoms with Gasteiger partial charge in [0.05, 0.1) is 24.7 Å². The van der Waals surface area contributed by atoms with Crippen LogP contribution in [-0.4, -0.2) is 18.5 Å². The fraction of sp³-hybridized carbons (Fsp3) is 0.250. The normalized spacial score (nSPS) is 12.1. The first-order valence-corrected chi connectivity index (χ1v) is 8.97. The van der Waals surface area contributed by atoms with Crippen molar-refractivity contribution in [3.05, 3.63) is 59.0 Å². The molecular formula is C20H19BrO4. The van der Waals surface area contributed by atoms with Crippen molar-refractivity contribution >= 4 is 26.9 Å². The van der Waals surface area contributed by atoms with Crippen LogP contribution in [0.4, 0.5) is 0 Å². The van der Waals surface area contributed by atoms with E-state index in [1.165, 1.54) is 6.26 Å². The van der Waals surface area contributed by atoms with Gasteiger partial charge in [0.2, 0.25) is 0 Å². The lowest BCUT2D eigenvalue weighted by atomic mass is 10.1. The molecule has 0 amide bonds. The molecule has 0 aliphatic rings. The summed E-state index contributed by atoms with van der Waals surface area (Å²) in [6.45, 7) is 2.68. The molecule has 0 bridgehead atoms. The number of fused-ring (bicyclic) bond motifs is 1. The molecule has 5 heteroatoms. The fourth-order valence-electron chi connectivity index (χ4n) is 2.51. The quantitative estimate of drug-likeness (QED) is 0.543. The Morgan fingerprint density at radius 1 is 1.12 bits per heavy atom. The van der Waals surface area contributed by atoms with Crippen molar-refractivity contribution in [2.75, 3.05) is 13.7 Å². The Kier molecular flexibility index (Phi) is 5.43. The van der Waals surface area contributed by atoms with Crippen LogP contribution in [0.25, 0.3) is 22.1 Å². The van der Waals surface area contributed by atoms with Crippen molar-refractivity contribution in [1.82, 2.24) is 0 Å². The maximum Gasteiger partial charge on any atom is 0.200 e. The molecule has 0 fully saturated rings. The average molecular weight is 403 g/mol. The Balaban J connectivity index is 1.90. The lowest BCUT2D eigenvalue weighted by Gasteiger charge is -2.08. The Labute approximate surface area is 154 Å². The number of hydrogen-bond acceptors (Lipinski definition) is 4. The molecule has 2 aromatic carbocycles. The third kappa shape index (κ3) is 4.04. The van der Waals surface area contributed by atoms with Crippen molar-refractivity contribution in [1.29, 1.82) is 0 Å². The molecule has 0 N–H and O–H groups in total. The maximum absolute atomic E-state index is 12.8.